The van der Waals surface area contributed by atoms with Crippen LogP contribution in [0.15, 0.2) is 83.3 Å². The van der Waals surface area contributed by atoms with Gasteiger partial charge in [0.15, 0.2) is 5.75 Å². The molecule has 0 unspecified atom stereocenters. The lowest BCUT2D eigenvalue weighted by Gasteiger charge is -2.11. The van der Waals surface area contributed by atoms with Crippen LogP contribution < -0.4 is 10.1 Å². The lowest BCUT2D eigenvalue weighted by Crippen LogP contribution is -2.01. The molecule has 5 heteroatoms. The first-order valence-electron chi connectivity index (χ1n) is 8.74. The molecular weight excluding hydrogens is 338 g/mol. The summed E-state index contributed by atoms with van der Waals surface area (Å²) >= 11 is 0. The Bertz CT molecular complexity index is 1030. The van der Waals surface area contributed by atoms with Crippen LogP contribution in [-0.4, -0.2) is 10.2 Å². The molecule has 4 rings (SSSR count). The molecule has 0 aliphatic heterocycles. The molecule has 0 amide bonds. The first-order valence-corrected chi connectivity index (χ1v) is 8.74. The van der Waals surface area contributed by atoms with Crippen molar-refractivity contribution < 1.29 is 9.15 Å². The van der Waals surface area contributed by atoms with Crippen molar-refractivity contribution in [3.8, 4) is 23.0 Å². The first kappa shape index (κ1) is 16.8. The summed E-state index contributed by atoms with van der Waals surface area (Å²) in [5, 5.41) is 11.6. The highest BCUT2D eigenvalue weighted by molar-refractivity contribution is 5.58. The number of para-hydroxylation sites is 3. The molecule has 0 aliphatic carbocycles. The van der Waals surface area contributed by atoms with Gasteiger partial charge in [-0.2, -0.15) is 0 Å². The molecular formula is C22H19N3O2. The summed E-state index contributed by atoms with van der Waals surface area (Å²) in [5.41, 5.74) is 2.91. The number of hydrogen-bond donors (Lipinski definition) is 1. The fraction of sp³-hybridized carbons (Fsp3) is 0.0909. The van der Waals surface area contributed by atoms with Crippen molar-refractivity contribution in [2.24, 2.45) is 0 Å². The van der Waals surface area contributed by atoms with E-state index in [0.29, 0.717) is 18.3 Å². The van der Waals surface area contributed by atoms with Gasteiger partial charge in [0.1, 0.15) is 5.75 Å². The largest absolute Gasteiger partial charge is 0.455 e. The minimum absolute atomic E-state index is 0.411. The third kappa shape index (κ3) is 3.98. The maximum Gasteiger partial charge on any atom is 0.248 e. The Morgan fingerprint density at radius 2 is 1.59 bits per heavy atom. The summed E-state index contributed by atoms with van der Waals surface area (Å²) in [5.74, 6) is 2.57. The fourth-order valence-electron chi connectivity index (χ4n) is 2.73. The molecule has 0 radical (unpaired) electrons. The molecule has 0 bridgehead atoms. The SMILES string of the molecule is Cc1ccccc1-c1nnc(CNc2ccccc2Oc2ccccc2)o1. The van der Waals surface area contributed by atoms with Crippen LogP contribution in [0.5, 0.6) is 11.5 Å². The van der Waals surface area contributed by atoms with E-state index in [4.69, 9.17) is 9.15 Å². The summed E-state index contributed by atoms with van der Waals surface area (Å²) in [6.07, 6.45) is 0. The van der Waals surface area contributed by atoms with E-state index in [1.54, 1.807) is 0 Å². The average molecular weight is 357 g/mol. The third-order valence-electron chi connectivity index (χ3n) is 4.13. The molecule has 0 fully saturated rings. The molecule has 1 heterocycles. The maximum atomic E-state index is 5.96. The van der Waals surface area contributed by atoms with Gasteiger partial charge >= 0.3 is 0 Å². The standard InChI is InChI=1S/C22H19N3O2/c1-16-9-5-6-12-18(16)22-25-24-21(27-22)15-23-19-13-7-8-14-20(19)26-17-10-3-2-4-11-17/h2-14,23H,15H2,1H3. The number of aromatic nitrogens is 2. The van der Waals surface area contributed by atoms with Gasteiger partial charge in [0.2, 0.25) is 11.8 Å². The van der Waals surface area contributed by atoms with E-state index in [9.17, 15) is 0 Å². The normalized spacial score (nSPS) is 10.6. The lowest BCUT2D eigenvalue weighted by atomic mass is 10.1. The van der Waals surface area contributed by atoms with Crippen molar-refractivity contribution in [1.29, 1.82) is 0 Å². The van der Waals surface area contributed by atoms with Crippen molar-refractivity contribution in [3.05, 3.63) is 90.3 Å². The van der Waals surface area contributed by atoms with Gasteiger partial charge in [0.05, 0.1) is 12.2 Å². The molecule has 0 atom stereocenters. The Kier molecular flexibility index (Phi) is 4.83. The van der Waals surface area contributed by atoms with E-state index < -0.39 is 0 Å². The maximum absolute atomic E-state index is 5.96. The number of aryl methyl sites for hydroxylation is 1. The van der Waals surface area contributed by atoms with E-state index in [1.165, 1.54) is 0 Å². The highest BCUT2D eigenvalue weighted by Gasteiger charge is 2.11. The van der Waals surface area contributed by atoms with Crippen LogP contribution in [0.1, 0.15) is 11.5 Å². The lowest BCUT2D eigenvalue weighted by molar-refractivity contribution is 0.483. The Balaban J connectivity index is 1.48. The van der Waals surface area contributed by atoms with Crippen LogP contribution in [0.3, 0.4) is 0 Å². The number of benzene rings is 3. The highest BCUT2D eigenvalue weighted by Crippen LogP contribution is 2.29. The number of rotatable bonds is 6. The zero-order chi connectivity index (χ0) is 18.5. The van der Waals surface area contributed by atoms with Crippen molar-refractivity contribution in [3.63, 3.8) is 0 Å². The van der Waals surface area contributed by atoms with Gasteiger partial charge in [0, 0.05) is 5.56 Å². The topological polar surface area (TPSA) is 60.2 Å². The van der Waals surface area contributed by atoms with Gasteiger partial charge in [-0.25, -0.2) is 0 Å². The number of ether oxygens (including phenoxy) is 1. The van der Waals surface area contributed by atoms with Crippen molar-refractivity contribution in [2.75, 3.05) is 5.32 Å². The van der Waals surface area contributed by atoms with Gasteiger partial charge in [-0.15, -0.1) is 10.2 Å². The van der Waals surface area contributed by atoms with Crippen LogP contribution in [0.25, 0.3) is 11.5 Å². The van der Waals surface area contributed by atoms with E-state index in [2.05, 4.69) is 15.5 Å². The average Bonchev–Trinajstić information content (AvgIpc) is 3.17. The van der Waals surface area contributed by atoms with E-state index in [-0.39, 0.29) is 0 Å². The monoisotopic (exact) mass is 357 g/mol. The molecule has 1 N–H and O–H groups in total. The first-order chi connectivity index (χ1) is 13.3. The molecule has 27 heavy (non-hydrogen) atoms. The van der Waals surface area contributed by atoms with E-state index in [1.807, 2.05) is 85.8 Å². The Hall–Kier alpha value is -3.60. The van der Waals surface area contributed by atoms with Crippen molar-refractivity contribution in [1.82, 2.24) is 10.2 Å². The molecule has 0 spiro atoms. The predicted octanol–water partition coefficient (Wildman–Crippen LogP) is 5.45. The van der Waals surface area contributed by atoms with E-state index in [0.717, 1.165) is 28.3 Å². The van der Waals surface area contributed by atoms with Crippen LogP contribution in [-0.2, 0) is 6.54 Å². The fourth-order valence-corrected chi connectivity index (χ4v) is 2.73. The van der Waals surface area contributed by atoms with Gasteiger partial charge < -0.3 is 14.5 Å². The quantitative estimate of drug-likeness (QED) is 0.497. The zero-order valence-corrected chi connectivity index (χ0v) is 14.9. The smallest absolute Gasteiger partial charge is 0.248 e. The van der Waals surface area contributed by atoms with Crippen LogP contribution in [0.4, 0.5) is 5.69 Å². The summed E-state index contributed by atoms with van der Waals surface area (Å²) in [6.45, 7) is 2.43. The Morgan fingerprint density at radius 1 is 0.852 bits per heavy atom. The minimum atomic E-state index is 0.411. The molecule has 1 aromatic heterocycles. The van der Waals surface area contributed by atoms with Gasteiger partial charge in [-0.3, -0.25) is 0 Å². The summed E-state index contributed by atoms with van der Waals surface area (Å²) in [7, 11) is 0. The summed E-state index contributed by atoms with van der Waals surface area (Å²) in [6, 6.07) is 25.4. The minimum Gasteiger partial charge on any atom is -0.455 e. The van der Waals surface area contributed by atoms with Crippen molar-refractivity contribution >= 4 is 5.69 Å². The van der Waals surface area contributed by atoms with Gasteiger partial charge in [-0.1, -0.05) is 48.5 Å². The van der Waals surface area contributed by atoms with Crippen molar-refractivity contribution in [2.45, 2.75) is 13.5 Å². The molecule has 3 aromatic carbocycles. The van der Waals surface area contributed by atoms with Gasteiger partial charge in [0.25, 0.3) is 0 Å². The molecule has 4 aromatic rings. The number of nitrogens with zero attached hydrogens (tertiary/aromatic N) is 2. The van der Waals surface area contributed by atoms with Gasteiger partial charge in [-0.05, 0) is 42.8 Å². The molecule has 0 saturated carbocycles. The molecule has 5 nitrogen and oxygen atoms in total. The zero-order valence-electron chi connectivity index (χ0n) is 14.9. The van der Waals surface area contributed by atoms with Crippen LogP contribution in [0.2, 0.25) is 0 Å². The number of hydrogen-bond acceptors (Lipinski definition) is 5. The second kappa shape index (κ2) is 7.74. The predicted molar refractivity (Wildman–Crippen MR) is 105 cm³/mol. The Labute approximate surface area is 157 Å². The van der Waals surface area contributed by atoms with Crippen LogP contribution >= 0.6 is 0 Å². The second-order valence-electron chi connectivity index (χ2n) is 6.08. The van der Waals surface area contributed by atoms with E-state index >= 15 is 0 Å². The summed E-state index contributed by atoms with van der Waals surface area (Å²) in [4.78, 5) is 0. The molecule has 134 valence electrons. The second-order valence-corrected chi connectivity index (χ2v) is 6.08. The van der Waals surface area contributed by atoms with Crippen LogP contribution in [0, 0.1) is 6.92 Å². The number of anilines is 1. The molecule has 0 aliphatic rings. The summed E-state index contributed by atoms with van der Waals surface area (Å²) < 4.78 is 11.8. The number of nitrogens with one attached hydrogen (secondary N) is 1. The Morgan fingerprint density at radius 3 is 2.44 bits per heavy atom. The third-order valence-corrected chi connectivity index (χ3v) is 4.13. The highest BCUT2D eigenvalue weighted by atomic mass is 16.5. The molecule has 0 saturated heterocycles.